The second kappa shape index (κ2) is 12.2. The van der Waals surface area contributed by atoms with E-state index in [2.05, 4.69) is 0 Å². The van der Waals surface area contributed by atoms with E-state index < -0.39 is 11.9 Å². The largest absolute Gasteiger partial charge is 0.478 e. The molecule has 0 atom stereocenters. The van der Waals surface area contributed by atoms with Gasteiger partial charge in [-0.1, -0.05) is 25.7 Å². The van der Waals surface area contributed by atoms with Gasteiger partial charge in [0.2, 0.25) is 0 Å². The summed E-state index contributed by atoms with van der Waals surface area (Å²) in [4.78, 5) is 44.1. The van der Waals surface area contributed by atoms with Crippen LogP contribution in [-0.2, 0) is 19.2 Å². The minimum atomic E-state index is -1.08. The van der Waals surface area contributed by atoms with Crippen molar-refractivity contribution < 1.29 is 29.4 Å². The van der Waals surface area contributed by atoms with E-state index in [1.807, 2.05) is 0 Å². The van der Waals surface area contributed by atoms with Crippen LogP contribution in [0.25, 0.3) is 0 Å². The van der Waals surface area contributed by atoms with E-state index in [0.29, 0.717) is 12.8 Å². The van der Waals surface area contributed by atoms with Crippen molar-refractivity contribution in [3.63, 3.8) is 0 Å². The van der Waals surface area contributed by atoms with Crippen LogP contribution in [0.3, 0.4) is 0 Å². The van der Waals surface area contributed by atoms with Crippen LogP contribution in [0.5, 0.6) is 0 Å². The quantitative estimate of drug-likeness (QED) is 0.394. The molecule has 0 heterocycles. The van der Waals surface area contributed by atoms with Crippen molar-refractivity contribution in [2.45, 2.75) is 65.2 Å². The first-order chi connectivity index (χ1) is 11.2. The average molecular weight is 338 g/mol. The lowest BCUT2D eigenvalue weighted by molar-refractivity contribution is -0.133. The van der Waals surface area contributed by atoms with Crippen molar-refractivity contribution in [3.8, 4) is 0 Å². The van der Waals surface area contributed by atoms with Crippen LogP contribution in [0.4, 0.5) is 0 Å². The molecule has 24 heavy (non-hydrogen) atoms. The van der Waals surface area contributed by atoms with Gasteiger partial charge in [-0.15, -0.1) is 0 Å². The van der Waals surface area contributed by atoms with Gasteiger partial charge in [0, 0.05) is 24.0 Å². The summed E-state index contributed by atoms with van der Waals surface area (Å²) in [5, 5.41) is 17.3. The van der Waals surface area contributed by atoms with Gasteiger partial charge >= 0.3 is 11.9 Å². The number of carboxylic acids is 2. The molecule has 6 heteroatoms. The number of aliphatic carboxylic acids is 2. The molecule has 0 aliphatic heterocycles. The lowest BCUT2D eigenvalue weighted by Crippen LogP contribution is -2.01. The standard InChI is InChI=1S/C18H26O6/c1-13(17(21)22)11-15(19)9-7-5-3-4-6-8-10-16(20)12-14(2)18(23)24/h11-12H,3-10H2,1-2H3,(H,21,22)(H,23,24). The second-order valence-corrected chi connectivity index (χ2v) is 5.82. The third-order valence-corrected chi connectivity index (χ3v) is 3.53. The van der Waals surface area contributed by atoms with Crippen molar-refractivity contribution in [1.82, 2.24) is 0 Å². The van der Waals surface area contributed by atoms with Gasteiger partial charge in [0.15, 0.2) is 11.6 Å². The van der Waals surface area contributed by atoms with Crippen LogP contribution in [-0.4, -0.2) is 33.7 Å². The van der Waals surface area contributed by atoms with Crippen molar-refractivity contribution in [1.29, 1.82) is 0 Å². The number of hydrogen-bond acceptors (Lipinski definition) is 4. The first-order valence-electron chi connectivity index (χ1n) is 8.13. The van der Waals surface area contributed by atoms with Crippen LogP contribution in [0.15, 0.2) is 23.3 Å². The molecule has 0 bridgehead atoms. The topological polar surface area (TPSA) is 109 Å². The Morgan fingerprint density at radius 1 is 0.625 bits per heavy atom. The van der Waals surface area contributed by atoms with Crippen molar-refractivity contribution in [2.24, 2.45) is 0 Å². The Kier molecular flexibility index (Phi) is 11.1. The van der Waals surface area contributed by atoms with Crippen molar-refractivity contribution in [3.05, 3.63) is 23.3 Å². The number of carbonyl (C=O) groups excluding carboxylic acids is 2. The van der Waals surface area contributed by atoms with Crippen molar-refractivity contribution >= 4 is 23.5 Å². The average Bonchev–Trinajstić information content (AvgIpc) is 2.49. The minimum absolute atomic E-state index is 0.0526. The molecule has 0 saturated heterocycles. The summed E-state index contributed by atoms with van der Waals surface area (Å²) in [7, 11) is 0. The molecule has 0 aromatic rings. The fourth-order valence-electron chi connectivity index (χ4n) is 2.06. The number of ketones is 2. The van der Waals surface area contributed by atoms with E-state index in [1.54, 1.807) is 0 Å². The Labute approximate surface area is 142 Å². The normalized spacial score (nSPS) is 12.1. The highest BCUT2D eigenvalue weighted by Gasteiger charge is 2.05. The summed E-state index contributed by atoms with van der Waals surface area (Å²) in [5.41, 5.74) is 0.105. The molecule has 2 N–H and O–H groups in total. The number of carboxylic acid groups (broad SMARTS) is 2. The molecular formula is C18H26O6. The Morgan fingerprint density at radius 2 is 0.917 bits per heavy atom. The molecule has 0 aliphatic carbocycles. The summed E-state index contributed by atoms with van der Waals surface area (Å²) in [5.74, 6) is -2.49. The lowest BCUT2D eigenvalue weighted by atomic mass is 10.0. The molecule has 0 aromatic heterocycles. The number of unbranched alkanes of at least 4 members (excludes halogenated alkanes) is 5. The van der Waals surface area contributed by atoms with Gasteiger partial charge in [0.05, 0.1) is 0 Å². The Balaban J connectivity index is 3.69. The van der Waals surface area contributed by atoms with Crippen LogP contribution in [0.2, 0.25) is 0 Å². The molecule has 0 aliphatic rings. The zero-order chi connectivity index (χ0) is 18.5. The van der Waals surface area contributed by atoms with Crippen LogP contribution in [0.1, 0.15) is 65.2 Å². The fraction of sp³-hybridized carbons (Fsp3) is 0.556. The van der Waals surface area contributed by atoms with Gasteiger partial charge in [-0.05, 0) is 38.8 Å². The van der Waals surface area contributed by atoms with Gasteiger partial charge in [-0.2, -0.15) is 0 Å². The first-order valence-corrected chi connectivity index (χ1v) is 8.13. The Bertz CT molecular complexity index is 480. The van der Waals surface area contributed by atoms with Gasteiger partial charge in [-0.3, -0.25) is 9.59 Å². The first kappa shape index (κ1) is 21.8. The molecule has 0 rings (SSSR count). The predicted octanol–water partition coefficient (Wildman–Crippen LogP) is 3.31. The third-order valence-electron chi connectivity index (χ3n) is 3.53. The second-order valence-electron chi connectivity index (χ2n) is 5.82. The maximum Gasteiger partial charge on any atom is 0.331 e. The maximum atomic E-state index is 11.5. The molecule has 0 aromatic carbocycles. The van der Waals surface area contributed by atoms with Gasteiger partial charge < -0.3 is 10.2 Å². The molecule has 134 valence electrons. The van der Waals surface area contributed by atoms with Crippen LogP contribution < -0.4 is 0 Å². The highest BCUT2D eigenvalue weighted by Crippen LogP contribution is 2.10. The Hall–Kier alpha value is -2.24. The fourth-order valence-corrected chi connectivity index (χ4v) is 2.06. The summed E-state index contributed by atoms with van der Waals surface area (Å²) >= 11 is 0. The molecule has 0 saturated carbocycles. The maximum absolute atomic E-state index is 11.5. The molecule has 0 fully saturated rings. The van der Waals surface area contributed by atoms with E-state index in [4.69, 9.17) is 10.2 Å². The number of rotatable bonds is 13. The van der Waals surface area contributed by atoms with E-state index in [-0.39, 0.29) is 22.7 Å². The minimum Gasteiger partial charge on any atom is -0.478 e. The van der Waals surface area contributed by atoms with Gasteiger partial charge in [0.1, 0.15) is 0 Å². The van der Waals surface area contributed by atoms with Crippen LogP contribution in [0, 0.1) is 0 Å². The molecule has 0 spiro atoms. The number of allylic oxidation sites excluding steroid dienone is 2. The summed E-state index contributed by atoms with van der Waals surface area (Å²) < 4.78 is 0. The lowest BCUT2D eigenvalue weighted by Gasteiger charge is -2.01. The van der Waals surface area contributed by atoms with E-state index in [9.17, 15) is 19.2 Å². The summed E-state index contributed by atoms with van der Waals surface area (Å²) in [6.45, 7) is 2.79. The smallest absolute Gasteiger partial charge is 0.331 e. The number of carbonyl (C=O) groups is 4. The van der Waals surface area contributed by atoms with E-state index in [1.165, 1.54) is 26.0 Å². The van der Waals surface area contributed by atoms with E-state index >= 15 is 0 Å². The van der Waals surface area contributed by atoms with Crippen LogP contribution >= 0.6 is 0 Å². The molecule has 6 nitrogen and oxygen atoms in total. The highest BCUT2D eigenvalue weighted by atomic mass is 16.4. The molecular weight excluding hydrogens is 312 g/mol. The monoisotopic (exact) mass is 338 g/mol. The van der Waals surface area contributed by atoms with Crippen molar-refractivity contribution in [2.75, 3.05) is 0 Å². The predicted molar refractivity (Wildman–Crippen MR) is 89.7 cm³/mol. The molecule has 0 radical (unpaired) electrons. The van der Waals surface area contributed by atoms with Gasteiger partial charge in [0.25, 0.3) is 0 Å². The SMILES string of the molecule is CC(=CC(=O)CCCCCCCCC(=O)C=C(C)C(=O)O)C(=O)O. The third kappa shape index (κ3) is 11.3. The zero-order valence-corrected chi connectivity index (χ0v) is 14.3. The number of hydrogen-bond donors (Lipinski definition) is 2. The summed E-state index contributed by atoms with van der Waals surface area (Å²) in [6, 6.07) is 0. The molecule has 0 amide bonds. The van der Waals surface area contributed by atoms with Gasteiger partial charge in [-0.25, -0.2) is 9.59 Å². The Morgan fingerprint density at radius 3 is 1.21 bits per heavy atom. The molecule has 0 unspecified atom stereocenters. The van der Waals surface area contributed by atoms with E-state index in [0.717, 1.165) is 38.5 Å². The highest BCUT2D eigenvalue weighted by molar-refractivity contribution is 5.98. The zero-order valence-electron chi connectivity index (χ0n) is 14.3. The summed E-state index contributed by atoms with van der Waals surface area (Å²) in [6.07, 6.45) is 8.16.